The second kappa shape index (κ2) is 9.89. The van der Waals surface area contributed by atoms with Gasteiger partial charge in [-0.1, -0.05) is 12.1 Å². The molecule has 1 rings (SSSR count). The molecule has 122 valence electrons. The maximum Gasteiger partial charge on any atom is 0.309 e. The van der Waals surface area contributed by atoms with Crippen LogP contribution in [0.15, 0.2) is 24.3 Å². The van der Waals surface area contributed by atoms with Crippen LogP contribution in [0.3, 0.4) is 0 Å². The van der Waals surface area contributed by atoms with Crippen LogP contribution >= 0.6 is 0 Å². The number of halogens is 1. The lowest BCUT2D eigenvalue weighted by molar-refractivity contribution is -0.139. The highest BCUT2D eigenvalue weighted by molar-refractivity contribution is 6.35. The van der Waals surface area contributed by atoms with Crippen LogP contribution in [-0.4, -0.2) is 37.6 Å². The van der Waals surface area contributed by atoms with E-state index in [0.29, 0.717) is 32.5 Å². The molecule has 1 aromatic carbocycles. The van der Waals surface area contributed by atoms with Gasteiger partial charge in [0.25, 0.3) is 0 Å². The molecule has 5 nitrogen and oxygen atoms in total. The van der Waals surface area contributed by atoms with Gasteiger partial charge in [0, 0.05) is 19.7 Å². The van der Waals surface area contributed by atoms with E-state index in [-0.39, 0.29) is 11.9 Å². The van der Waals surface area contributed by atoms with Crippen molar-refractivity contribution in [3.8, 4) is 0 Å². The van der Waals surface area contributed by atoms with Gasteiger partial charge in [-0.05, 0) is 44.4 Å². The zero-order valence-corrected chi connectivity index (χ0v) is 13.0. The van der Waals surface area contributed by atoms with E-state index in [2.05, 4.69) is 10.6 Å². The predicted molar refractivity (Wildman–Crippen MR) is 81.8 cm³/mol. The van der Waals surface area contributed by atoms with Crippen molar-refractivity contribution in [3.63, 3.8) is 0 Å². The first-order valence-corrected chi connectivity index (χ1v) is 7.41. The highest BCUT2D eigenvalue weighted by atomic mass is 19.1. The van der Waals surface area contributed by atoms with E-state index in [4.69, 9.17) is 4.74 Å². The van der Waals surface area contributed by atoms with Gasteiger partial charge in [-0.3, -0.25) is 9.59 Å². The fraction of sp³-hybridized carbons (Fsp3) is 0.500. The van der Waals surface area contributed by atoms with Gasteiger partial charge < -0.3 is 15.4 Å². The van der Waals surface area contributed by atoms with Crippen LogP contribution < -0.4 is 10.6 Å². The summed E-state index contributed by atoms with van der Waals surface area (Å²) in [6.45, 7) is 5.15. The van der Waals surface area contributed by atoms with Crippen molar-refractivity contribution in [1.29, 1.82) is 0 Å². The molecule has 0 bridgehead atoms. The van der Waals surface area contributed by atoms with Crippen LogP contribution in [0, 0.1) is 5.82 Å². The number of hydrogen-bond donors (Lipinski definition) is 2. The van der Waals surface area contributed by atoms with Crippen molar-refractivity contribution in [2.75, 3.05) is 19.7 Å². The Labute approximate surface area is 130 Å². The van der Waals surface area contributed by atoms with E-state index in [9.17, 15) is 14.0 Å². The van der Waals surface area contributed by atoms with E-state index in [1.54, 1.807) is 12.1 Å². The summed E-state index contributed by atoms with van der Waals surface area (Å²) in [5.41, 5.74) is 0.896. The molecule has 0 heterocycles. The van der Waals surface area contributed by atoms with Gasteiger partial charge in [0.05, 0.1) is 6.10 Å². The molecular weight excluding hydrogens is 287 g/mol. The molecule has 1 aromatic rings. The number of hydrogen-bond acceptors (Lipinski definition) is 3. The molecule has 0 aromatic heterocycles. The van der Waals surface area contributed by atoms with Crippen LogP contribution in [0.25, 0.3) is 0 Å². The van der Waals surface area contributed by atoms with Crippen molar-refractivity contribution >= 4 is 11.8 Å². The first-order valence-electron chi connectivity index (χ1n) is 7.41. The molecule has 0 spiro atoms. The van der Waals surface area contributed by atoms with Crippen molar-refractivity contribution in [2.24, 2.45) is 0 Å². The highest BCUT2D eigenvalue weighted by Gasteiger charge is 2.11. The third-order valence-electron chi connectivity index (χ3n) is 2.88. The second-order valence-corrected chi connectivity index (χ2v) is 5.16. The number of ether oxygens (including phenoxy) is 1. The fourth-order valence-corrected chi connectivity index (χ4v) is 1.73. The number of amides is 2. The van der Waals surface area contributed by atoms with Crippen LogP contribution in [-0.2, 0) is 20.7 Å². The van der Waals surface area contributed by atoms with Crippen LogP contribution in [0.5, 0.6) is 0 Å². The number of carbonyl (C=O) groups excluding carboxylic acids is 2. The minimum atomic E-state index is -0.660. The van der Waals surface area contributed by atoms with Crippen LogP contribution in [0.4, 0.5) is 4.39 Å². The number of benzene rings is 1. The average Bonchev–Trinajstić information content (AvgIpc) is 2.48. The summed E-state index contributed by atoms with van der Waals surface area (Å²) in [6, 6.07) is 6.03. The molecule has 0 saturated heterocycles. The molecule has 0 atom stereocenters. The summed E-state index contributed by atoms with van der Waals surface area (Å²) in [4.78, 5) is 23.1. The largest absolute Gasteiger partial charge is 0.379 e. The van der Waals surface area contributed by atoms with Gasteiger partial charge in [0.1, 0.15) is 5.82 Å². The SMILES string of the molecule is CC(C)OCCCNC(=O)C(=O)NCCc1ccc(F)cc1. The molecule has 0 radical (unpaired) electrons. The summed E-state index contributed by atoms with van der Waals surface area (Å²) >= 11 is 0. The van der Waals surface area contributed by atoms with Crippen molar-refractivity contribution in [3.05, 3.63) is 35.6 Å². The standard InChI is InChI=1S/C16H23FN2O3/c1-12(2)22-11-3-9-18-15(20)16(21)19-10-8-13-4-6-14(17)7-5-13/h4-7,12H,3,8-11H2,1-2H3,(H,18,20)(H,19,21). The monoisotopic (exact) mass is 310 g/mol. The second-order valence-electron chi connectivity index (χ2n) is 5.16. The Morgan fingerprint density at radius 1 is 1.09 bits per heavy atom. The minimum absolute atomic E-state index is 0.158. The first kappa shape index (κ1) is 18.1. The number of rotatable bonds is 8. The molecule has 0 saturated carbocycles. The molecule has 0 aliphatic heterocycles. The molecular formula is C16H23FN2O3. The van der Waals surface area contributed by atoms with Crippen molar-refractivity contribution in [1.82, 2.24) is 10.6 Å². The molecule has 0 aliphatic carbocycles. The molecule has 0 fully saturated rings. The Balaban J connectivity index is 2.13. The number of nitrogens with one attached hydrogen (secondary N) is 2. The van der Waals surface area contributed by atoms with Gasteiger partial charge in [-0.15, -0.1) is 0 Å². The zero-order valence-electron chi connectivity index (χ0n) is 13.0. The topological polar surface area (TPSA) is 67.4 Å². The Kier molecular flexibility index (Phi) is 8.14. The molecule has 22 heavy (non-hydrogen) atoms. The van der Waals surface area contributed by atoms with Crippen LogP contribution in [0.2, 0.25) is 0 Å². The third-order valence-corrected chi connectivity index (χ3v) is 2.88. The highest BCUT2D eigenvalue weighted by Crippen LogP contribution is 2.02. The lowest BCUT2D eigenvalue weighted by Gasteiger charge is -2.08. The van der Waals surface area contributed by atoms with Gasteiger partial charge in [0.2, 0.25) is 0 Å². The molecule has 2 amide bonds. The summed E-state index contributed by atoms with van der Waals surface area (Å²) in [5.74, 6) is -1.61. The average molecular weight is 310 g/mol. The molecule has 0 aliphatic rings. The Morgan fingerprint density at radius 3 is 2.27 bits per heavy atom. The quantitative estimate of drug-likeness (QED) is 0.563. The Hall–Kier alpha value is -1.95. The molecule has 2 N–H and O–H groups in total. The van der Waals surface area contributed by atoms with E-state index < -0.39 is 11.8 Å². The third kappa shape index (κ3) is 7.73. The predicted octanol–water partition coefficient (Wildman–Crippen LogP) is 1.42. The van der Waals surface area contributed by atoms with Gasteiger partial charge in [-0.25, -0.2) is 4.39 Å². The fourth-order valence-electron chi connectivity index (χ4n) is 1.73. The normalized spacial score (nSPS) is 10.5. The maximum atomic E-state index is 12.7. The molecule has 6 heteroatoms. The van der Waals surface area contributed by atoms with E-state index in [1.165, 1.54) is 12.1 Å². The lowest BCUT2D eigenvalue weighted by atomic mass is 10.1. The maximum absolute atomic E-state index is 12.7. The van der Waals surface area contributed by atoms with Crippen LogP contribution in [0.1, 0.15) is 25.8 Å². The van der Waals surface area contributed by atoms with E-state index in [0.717, 1.165) is 5.56 Å². The summed E-state index contributed by atoms with van der Waals surface area (Å²) < 4.78 is 18.1. The number of carbonyl (C=O) groups is 2. The summed E-state index contributed by atoms with van der Waals surface area (Å²) in [5, 5.41) is 5.06. The first-order chi connectivity index (χ1) is 10.5. The van der Waals surface area contributed by atoms with Gasteiger partial charge in [-0.2, -0.15) is 0 Å². The van der Waals surface area contributed by atoms with Gasteiger partial charge in [0.15, 0.2) is 0 Å². The van der Waals surface area contributed by atoms with E-state index in [1.807, 2.05) is 13.8 Å². The van der Waals surface area contributed by atoms with E-state index >= 15 is 0 Å². The molecule has 0 unspecified atom stereocenters. The van der Waals surface area contributed by atoms with Crippen molar-refractivity contribution in [2.45, 2.75) is 32.8 Å². The summed E-state index contributed by atoms with van der Waals surface area (Å²) in [6.07, 6.45) is 1.36. The summed E-state index contributed by atoms with van der Waals surface area (Å²) in [7, 11) is 0. The Bertz CT molecular complexity index is 475. The lowest BCUT2D eigenvalue weighted by Crippen LogP contribution is -2.41. The smallest absolute Gasteiger partial charge is 0.309 e. The zero-order chi connectivity index (χ0) is 16.4. The van der Waals surface area contributed by atoms with Gasteiger partial charge >= 0.3 is 11.8 Å². The van der Waals surface area contributed by atoms with Crippen molar-refractivity contribution < 1.29 is 18.7 Å². The minimum Gasteiger partial charge on any atom is -0.379 e. The Morgan fingerprint density at radius 2 is 1.68 bits per heavy atom.